The van der Waals surface area contributed by atoms with Gasteiger partial charge in [0.2, 0.25) is 0 Å². The summed E-state index contributed by atoms with van der Waals surface area (Å²) < 4.78 is 0. The van der Waals surface area contributed by atoms with Gasteiger partial charge in [0.05, 0.1) is 6.10 Å². The second kappa shape index (κ2) is 5.13. The standard InChI is InChI=1S/C12H23NO/c1-2-10-6-5-9-12(10)13-14-11-7-3-4-8-11/h10-13H,2-9H2,1H3. The molecule has 2 aliphatic carbocycles. The predicted octanol–water partition coefficient (Wildman–Crippen LogP) is 3.03. The van der Waals surface area contributed by atoms with Crippen LogP contribution in [-0.2, 0) is 4.84 Å². The van der Waals surface area contributed by atoms with Gasteiger partial charge in [-0.25, -0.2) is 0 Å². The van der Waals surface area contributed by atoms with Gasteiger partial charge in [0.25, 0.3) is 0 Å². The van der Waals surface area contributed by atoms with Crippen molar-refractivity contribution < 1.29 is 4.84 Å². The van der Waals surface area contributed by atoms with Crippen LogP contribution in [0.2, 0.25) is 0 Å². The van der Waals surface area contributed by atoms with Crippen LogP contribution in [-0.4, -0.2) is 12.1 Å². The Bertz CT molecular complexity index is 166. The molecule has 0 bridgehead atoms. The molecule has 2 aliphatic rings. The molecule has 1 N–H and O–H groups in total. The summed E-state index contributed by atoms with van der Waals surface area (Å²) in [5.74, 6) is 0.858. The first-order valence-electron chi connectivity index (χ1n) is 6.31. The van der Waals surface area contributed by atoms with E-state index in [9.17, 15) is 0 Å². The minimum atomic E-state index is 0.508. The average Bonchev–Trinajstić information content (AvgIpc) is 2.85. The van der Waals surface area contributed by atoms with Crippen molar-refractivity contribution in [2.75, 3.05) is 0 Å². The highest BCUT2D eigenvalue weighted by atomic mass is 16.7. The first-order valence-corrected chi connectivity index (χ1v) is 6.31. The predicted molar refractivity (Wildman–Crippen MR) is 57.9 cm³/mol. The van der Waals surface area contributed by atoms with Crippen molar-refractivity contribution >= 4 is 0 Å². The van der Waals surface area contributed by atoms with Crippen LogP contribution >= 0.6 is 0 Å². The Morgan fingerprint density at radius 2 is 1.86 bits per heavy atom. The molecule has 0 amide bonds. The summed E-state index contributed by atoms with van der Waals surface area (Å²) in [5, 5.41) is 0. The Hall–Kier alpha value is -0.0800. The van der Waals surface area contributed by atoms with Crippen LogP contribution in [0.3, 0.4) is 0 Å². The van der Waals surface area contributed by atoms with E-state index in [1.807, 2.05) is 0 Å². The van der Waals surface area contributed by atoms with E-state index >= 15 is 0 Å². The quantitative estimate of drug-likeness (QED) is 0.699. The summed E-state index contributed by atoms with van der Waals surface area (Å²) in [6.07, 6.45) is 11.1. The summed E-state index contributed by atoms with van der Waals surface area (Å²) >= 11 is 0. The third-order valence-electron chi connectivity index (χ3n) is 3.87. The minimum absolute atomic E-state index is 0.508. The summed E-state index contributed by atoms with van der Waals surface area (Å²) in [6.45, 7) is 2.29. The van der Waals surface area contributed by atoms with Gasteiger partial charge in [-0.15, -0.1) is 0 Å². The molecule has 2 heteroatoms. The van der Waals surface area contributed by atoms with Crippen LogP contribution < -0.4 is 5.48 Å². The summed E-state index contributed by atoms with van der Waals surface area (Å²) in [6, 6.07) is 0.639. The Balaban J connectivity index is 1.68. The van der Waals surface area contributed by atoms with Gasteiger partial charge >= 0.3 is 0 Å². The molecular weight excluding hydrogens is 174 g/mol. The first kappa shape index (κ1) is 10.4. The average molecular weight is 197 g/mol. The molecule has 2 unspecified atom stereocenters. The summed E-state index contributed by atoms with van der Waals surface area (Å²) in [4.78, 5) is 5.77. The molecule has 2 rings (SSSR count). The van der Waals surface area contributed by atoms with Gasteiger partial charge in [-0.05, 0) is 31.6 Å². The van der Waals surface area contributed by atoms with Crippen LogP contribution in [0.4, 0.5) is 0 Å². The zero-order chi connectivity index (χ0) is 9.80. The van der Waals surface area contributed by atoms with E-state index in [-0.39, 0.29) is 0 Å². The van der Waals surface area contributed by atoms with Crippen molar-refractivity contribution in [1.82, 2.24) is 5.48 Å². The molecule has 2 saturated carbocycles. The van der Waals surface area contributed by atoms with Crippen LogP contribution in [0.5, 0.6) is 0 Å². The molecule has 82 valence electrons. The molecule has 0 heterocycles. The lowest BCUT2D eigenvalue weighted by molar-refractivity contribution is -0.0467. The summed E-state index contributed by atoms with van der Waals surface area (Å²) in [5.41, 5.74) is 3.32. The third kappa shape index (κ3) is 2.48. The lowest BCUT2D eigenvalue weighted by atomic mass is 10.0. The lowest BCUT2D eigenvalue weighted by Crippen LogP contribution is -2.35. The van der Waals surface area contributed by atoms with Crippen LogP contribution in [0.15, 0.2) is 0 Å². The maximum atomic E-state index is 5.77. The van der Waals surface area contributed by atoms with Gasteiger partial charge in [0.15, 0.2) is 0 Å². The van der Waals surface area contributed by atoms with E-state index in [0.717, 1.165) is 5.92 Å². The van der Waals surface area contributed by atoms with Gasteiger partial charge in [-0.1, -0.05) is 32.6 Å². The number of rotatable bonds is 4. The second-order valence-corrected chi connectivity index (χ2v) is 4.85. The molecule has 0 radical (unpaired) electrons. The Morgan fingerprint density at radius 3 is 2.57 bits per heavy atom. The number of hydrogen-bond acceptors (Lipinski definition) is 2. The third-order valence-corrected chi connectivity index (χ3v) is 3.87. The maximum absolute atomic E-state index is 5.77. The number of nitrogens with one attached hydrogen (secondary N) is 1. The fourth-order valence-electron chi connectivity index (χ4n) is 2.87. The van der Waals surface area contributed by atoms with Crippen molar-refractivity contribution in [3.8, 4) is 0 Å². The zero-order valence-corrected chi connectivity index (χ0v) is 9.30. The van der Waals surface area contributed by atoms with E-state index in [4.69, 9.17) is 4.84 Å². The van der Waals surface area contributed by atoms with E-state index < -0.39 is 0 Å². The molecule has 0 spiro atoms. The normalized spacial score (nSPS) is 34.1. The molecule has 0 saturated heterocycles. The Kier molecular flexibility index (Phi) is 3.82. The van der Waals surface area contributed by atoms with Crippen molar-refractivity contribution in [2.24, 2.45) is 5.92 Å². The molecule has 0 aromatic heterocycles. The fraction of sp³-hybridized carbons (Fsp3) is 1.00. The van der Waals surface area contributed by atoms with E-state index in [1.54, 1.807) is 0 Å². The van der Waals surface area contributed by atoms with Crippen LogP contribution in [0.1, 0.15) is 58.3 Å². The largest absolute Gasteiger partial charge is 0.298 e. The summed E-state index contributed by atoms with van der Waals surface area (Å²) in [7, 11) is 0. The molecule has 14 heavy (non-hydrogen) atoms. The minimum Gasteiger partial charge on any atom is -0.298 e. The maximum Gasteiger partial charge on any atom is 0.0790 e. The Morgan fingerprint density at radius 1 is 1.07 bits per heavy atom. The lowest BCUT2D eigenvalue weighted by Gasteiger charge is -2.21. The SMILES string of the molecule is CCC1CCCC1NOC1CCCC1. The van der Waals surface area contributed by atoms with Crippen molar-refractivity contribution in [1.29, 1.82) is 0 Å². The van der Waals surface area contributed by atoms with E-state index in [0.29, 0.717) is 12.1 Å². The molecule has 2 atom stereocenters. The molecular formula is C12H23NO. The fourth-order valence-corrected chi connectivity index (χ4v) is 2.87. The number of hydroxylamine groups is 1. The monoisotopic (exact) mass is 197 g/mol. The van der Waals surface area contributed by atoms with Gasteiger partial charge in [0.1, 0.15) is 0 Å². The Labute approximate surface area is 87.4 Å². The van der Waals surface area contributed by atoms with Crippen molar-refractivity contribution in [2.45, 2.75) is 70.4 Å². The van der Waals surface area contributed by atoms with Crippen LogP contribution in [0, 0.1) is 5.92 Å². The molecule has 0 aliphatic heterocycles. The highest BCUT2D eigenvalue weighted by molar-refractivity contribution is 4.80. The molecule has 0 aromatic carbocycles. The zero-order valence-electron chi connectivity index (χ0n) is 9.30. The van der Waals surface area contributed by atoms with E-state index in [1.165, 1.54) is 51.4 Å². The molecule has 2 fully saturated rings. The second-order valence-electron chi connectivity index (χ2n) is 4.85. The highest BCUT2D eigenvalue weighted by Crippen LogP contribution is 2.29. The highest BCUT2D eigenvalue weighted by Gasteiger charge is 2.27. The molecule has 2 nitrogen and oxygen atoms in total. The van der Waals surface area contributed by atoms with Crippen molar-refractivity contribution in [3.63, 3.8) is 0 Å². The van der Waals surface area contributed by atoms with E-state index in [2.05, 4.69) is 12.4 Å². The van der Waals surface area contributed by atoms with Crippen molar-refractivity contribution in [3.05, 3.63) is 0 Å². The van der Waals surface area contributed by atoms with Gasteiger partial charge in [-0.2, -0.15) is 5.48 Å². The molecule has 0 aromatic rings. The topological polar surface area (TPSA) is 21.3 Å². The first-order chi connectivity index (χ1) is 6.90. The number of hydrogen-bond donors (Lipinski definition) is 1. The van der Waals surface area contributed by atoms with Gasteiger partial charge in [-0.3, -0.25) is 4.84 Å². The van der Waals surface area contributed by atoms with Gasteiger partial charge < -0.3 is 0 Å². The van der Waals surface area contributed by atoms with Gasteiger partial charge in [0, 0.05) is 6.04 Å². The smallest absolute Gasteiger partial charge is 0.0790 e. The van der Waals surface area contributed by atoms with Crippen LogP contribution in [0.25, 0.3) is 0 Å².